The third kappa shape index (κ3) is 6.15. The van der Waals surface area contributed by atoms with Crippen molar-refractivity contribution >= 4 is 11.6 Å². The Labute approximate surface area is 128 Å². The van der Waals surface area contributed by atoms with Gasteiger partial charge in [-0.05, 0) is 68.0 Å². The van der Waals surface area contributed by atoms with Crippen LogP contribution in [0.1, 0.15) is 39.2 Å². The van der Waals surface area contributed by atoms with Gasteiger partial charge in [-0.15, -0.1) is 0 Å². The maximum Gasteiger partial charge on any atom is 0.122 e. The Morgan fingerprint density at radius 2 is 2.05 bits per heavy atom. The van der Waals surface area contributed by atoms with Gasteiger partial charge in [-0.25, -0.2) is 0 Å². The molecule has 0 amide bonds. The summed E-state index contributed by atoms with van der Waals surface area (Å²) in [4.78, 5) is 0. The summed E-state index contributed by atoms with van der Waals surface area (Å²) in [6.45, 7) is 8.90. The summed E-state index contributed by atoms with van der Waals surface area (Å²) in [6.07, 6.45) is 3.40. The number of rotatable bonds is 9. The fourth-order valence-electron chi connectivity index (χ4n) is 2.61. The van der Waals surface area contributed by atoms with Gasteiger partial charge in [-0.1, -0.05) is 32.4 Å². The Morgan fingerprint density at radius 3 is 2.65 bits per heavy atom. The molecule has 0 saturated heterocycles. The summed E-state index contributed by atoms with van der Waals surface area (Å²) >= 11 is 6.12. The summed E-state index contributed by atoms with van der Waals surface area (Å²) in [5.74, 6) is 2.26. The van der Waals surface area contributed by atoms with E-state index in [4.69, 9.17) is 16.3 Å². The van der Waals surface area contributed by atoms with Gasteiger partial charge in [0.2, 0.25) is 0 Å². The van der Waals surface area contributed by atoms with Gasteiger partial charge in [-0.2, -0.15) is 0 Å². The zero-order chi connectivity index (χ0) is 15.0. The number of benzene rings is 1. The van der Waals surface area contributed by atoms with Crippen LogP contribution in [0.2, 0.25) is 5.02 Å². The van der Waals surface area contributed by atoms with Gasteiger partial charge in [0.05, 0.1) is 7.11 Å². The molecule has 0 aliphatic carbocycles. The number of ether oxygens (including phenoxy) is 1. The van der Waals surface area contributed by atoms with E-state index in [1.807, 2.05) is 18.2 Å². The maximum atomic E-state index is 6.12. The van der Waals surface area contributed by atoms with Crippen molar-refractivity contribution in [2.45, 2.75) is 40.0 Å². The molecule has 1 atom stereocenters. The van der Waals surface area contributed by atoms with Gasteiger partial charge in [0, 0.05) is 5.02 Å². The summed E-state index contributed by atoms with van der Waals surface area (Å²) in [6, 6.07) is 5.88. The molecule has 1 N–H and O–H groups in total. The second-order valence-electron chi connectivity index (χ2n) is 5.86. The van der Waals surface area contributed by atoms with E-state index in [0.29, 0.717) is 11.8 Å². The molecule has 1 unspecified atom stereocenters. The third-order valence-corrected chi connectivity index (χ3v) is 3.65. The van der Waals surface area contributed by atoms with Crippen molar-refractivity contribution in [2.24, 2.45) is 11.8 Å². The highest BCUT2D eigenvalue weighted by Crippen LogP contribution is 2.27. The van der Waals surface area contributed by atoms with Gasteiger partial charge < -0.3 is 10.1 Å². The molecule has 0 spiro atoms. The van der Waals surface area contributed by atoms with E-state index in [-0.39, 0.29) is 0 Å². The molecule has 3 heteroatoms. The molecule has 2 nitrogen and oxygen atoms in total. The van der Waals surface area contributed by atoms with E-state index in [1.165, 1.54) is 18.4 Å². The van der Waals surface area contributed by atoms with Crippen LogP contribution in [0, 0.1) is 11.8 Å². The molecule has 0 radical (unpaired) electrons. The van der Waals surface area contributed by atoms with E-state index in [2.05, 4.69) is 26.1 Å². The molecule has 0 bridgehead atoms. The Balaban J connectivity index is 2.74. The largest absolute Gasteiger partial charge is 0.496 e. The van der Waals surface area contributed by atoms with Crippen molar-refractivity contribution in [3.63, 3.8) is 0 Å². The first-order chi connectivity index (χ1) is 9.56. The van der Waals surface area contributed by atoms with Crippen LogP contribution in [0.25, 0.3) is 0 Å². The van der Waals surface area contributed by atoms with E-state index < -0.39 is 0 Å². The van der Waals surface area contributed by atoms with E-state index >= 15 is 0 Å². The molecule has 0 aliphatic heterocycles. The van der Waals surface area contributed by atoms with Crippen LogP contribution in [0.3, 0.4) is 0 Å². The fourth-order valence-corrected chi connectivity index (χ4v) is 2.80. The number of halogens is 1. The average Bonchev–Trinajstić information content (AvgIpc) is 2.38. The lowest BCUT2D eigenvalue weighted by Crippen LogP contribution is -2.26. The first-order valence-electron chi connectivity index (χ1n) is 7.59. The molecule has 0 fully saturated rings. The van der Waals surface area contributed by atoms with E-state index in [1.54, 1.807) is 7.11 Å². The molecule has 1 rings (SSSR count). The van der Waals surface area contributed by atoms with Gasteiger partial charge in [0.25, 0.3) is 0 Å². The van der Waals surface area contributed by atoms with Crippen LogP contribution in [-0.4, -0.2) is 20.2 Å². The third-order valence-electron chi connectivity index (χ3n) is 3.42. The first kappa shape index (κ1) is 17.3. The molecular weight excluding hydrogens is 270 g/mol. The van der Waals surface area contributed by atoms with Crippen molar-refractivity contribution in [1.29, 1.82) is 0 Å². The van der Waals surface area contributed by atoms with E-state index in [0.717, 1.165) is 30.3 Å². The van der Waals surface area contributed by atoms with Gasteiger partial charge in [0.15, 0.2) is 0 Å². The predicted molar refractivity (Wildman–Crippen MR) is 87.8 cm³/mol. The van der Waals surface area contributed by atoms with Crippen molar-refractivity contribution in [1.82, 2.24) is 5.32 Å². The van der Waals surface area contributed by atoms with Crippen molar-refractivity contribution < 1.29 is 4.74 Å². The zero-order valence-corrected chi connectivity index (χ0v) is 14.0. The van der Waals surface area contributed by atoms with Crippen LogP contribution < -0.4 is 10.1 Å². The minimum Gasteiger partial charge on any atom is -0.496 e. The van der Waals surface area contributed by atoms with Crippen LogP contribution in [0.15, 0.2) is 18.2 Å². The van der Waals surface area contributed by atoms with Gasteiger partial charge in [-0.3, -0.25) is 0 Å². The first-order valence-corrected chi connectivity index (χ1v) is 7.97. The van der Waals surface area contributed by atoms with Gasteiger partial charge in [0.1, 0.15) is 5.75 Å². The fraction of sp³-hybridized carbons (Fsp3) is 0.647. The standard InChI is InChI=1S/C17H28ClNO/c1-5-8-19-12-14(9-13(2)3)10-15-11-16(18)6-7-17(15)20-4/h6-7,11,13-14,19H,5,8-10,12H2,1-4H3. The number of nitrogens with one attached hydrogen (secondary N) is 1. The van der Waals surface area contributed by atoms with Crippen LogP contribution in [0.4, 0.5) is 0 Å². The second-order valence-corrected chi connectivity index (χ2v) is 6.30. The minimum absolute atomic E-state index is 0.619. The highest BCUT2D eigenvalue weighted by molar-refractivity contribution is 6.30. The Hall–Kier alpha value is -0.730. The SMILES string of the molecule is CCCNCC(Cc1cc(Cl)ccc1OC)CC(C)C. The molecule has 1 aromatic carbocycles. The van der Waals surface area contributed by atoms with Crippen molar-refractivity contribution in [2.75, 3.05) is 20.2 Å². The van der Waals surface area contributed by atoms with E-state index in [9.17, 15) is 0 Å². The second kappa shape index (κ2) is 9.25. The lowest BCUT2D eigenvalue weighted by molar-refractivity contribution is 0.371. The molecule has 114 valence electrons. The van der Waals surface area contributed by atoms with Crippen LogP contribution >= 0.6 is 11.6 Å². The molecule has 0 saturated carbocycles. The lowest BCUT2D eigenvalue weighted by atomic mass is 9.90. The number of methoxy groups -OCH3 is 1. The highest BCUT2D eigenvalue weighted by atomic mass is 35.5. The molecule has 1 aromatic rings. The smallest absolute Gasteiger partial charge is 0.122 e. The molecule has 0 aromatic heterocycles. The number of hydrogen-bond acceptors (Lipinski definition) is 2. The Morgan fingerprint density at radius 1 is 1.30 bits per heavy atom. The molecule has 0 heterocycles. The topological polar surface area (TPSA) is 21.3 Å². The molecule has 0 aliphatic rings. The Bertz CT molecular complexity index is 393. The summed E-state index contributed by atoms with van der Waals surface area (Å²) in [5, 5.41) is 4.32. The predicted octanol–water partition coefficient (Wildman–Crippen LogP) is 4.55. The quantitative estimate of drug-likeness (QED) is 0.675. The highest BCUT2D eigenvalue weighted by Gasteiger charge is 2.14. The van der Waals surface area contributed by atoms with Crippen LogP contribution in [0.5, 0.6) is 5.75 Å². The molecular formula is C17H28ClNO. The van der Waals surface area contributed by atoms with Crippen LogP contribution in [-0.2, 0) is 6.42 Å². The monoisotopic (exact) mass is 297 g/mol. The zero-order valence-electron chi connectivity index (χ0n) is 13.2. The van der Waals surface area contributed by atoms with Crippen molar-refractivity contribution in [3.8, 4) is 5.75 Å². The normalized spacial score (nSPS) is 12.7. The maximum absolute atomic E-state index is 6.12. The minimum atomic E-state index is 0.619. The molecule has 20 heavy (non-hydrogen) atoms. The summed E-state index contributed by atoms with van der Waals surface area (Å²) in [7, 11) is 1.72. The Kier molecular flexibility index (Phi) is 8.01. The van der Waals surface area contributed by atoms with Gasteiger partial charge >= 0.3 is 0 Å². The number of hydrogen-bond donors (Lipinski definition) is 1. The van der Waals surface area contributed by atoms with Crippen molar-refractivity contribution in [3.05, 3.63) is 28.8 Å². The summed E-state index contributed by atoms with van der Waals surface area (Å²) < 4.78 is 5.45. The summed E-state index contributed by atoms with van der Waals surface area (Å²) in [5.41, 5.74) is 1.21. The lowest BCUT2D eigenvalue weighted by Gasteiger charge is -2.21. The average molecular weight is 298 g/mol.